The highest BCUT2D eigenvalue weighted by Crippen LogP contribution is 2.26. The van der Waals surface area contributed by atoms with E-state index < -0.39 is 0 Å². The van der Waals surface area contributed by atoms with Gasteiger partial charge in [-0.3, -0.25) is 4.90 Å². The van der Waals surface area contributed by atoms with Gasteiger partial charge in [0, 0.05) is 24.2 Å². The summed E-state index contributed by atoms with van der Waals surface area (Å²) in [7, 11) is 0. The van der Waals surface area contributed by atoms with E-state index in [2.05, 4.69) is 24.8 Å². The molecule has 2 N–H and O–H groups in total. The molecule has 1 saturated heterocycles. The molecule has 0 amide bonds. The third kappa shape index (κ3) is 4.09. The molecule has 1 heterocycles. The first-order valence-corrected chi connectivity index (χ1v) is 7.23. The molecule has 1 aliphatic rings. The molecule has 0 saturated carbocycles. The summed E-state index contributed by atoms with van der Waals surface area (Å²) < 4.78 is 0. The lowest BCUT2D eigenvalue weighted by atomic mass is 10.0. The Balaban J connectivity index is 0.00000180. The van der Waals surface area contributed by atoms with Gasteiger partial charge in [-0.05, 0) is 49.4 Å². The normalized spacial score (nSPS) is 21.2. The Morgan fingerprint density at radius 2 is 2.21 bits per heavy atom. The van der Waals surface area contributed by atoms with Crippen molar-refractivity contribution in [1.29, 1.82) is 0 Å². The summed E-state index contributed by atoms with van der Waals surface area (Å²) in [6.07, 6.45) is 2.25. The topological polar surface area (TPSA) is 29.3 Å². The van der Waals surface area contributed by atoms with Crippen molar-refractivity contribution in [2.75, 3.05) is 13.1 Å². The van der Waals surface area contributed by atoms with Crippen molar-refractivity contribution in [1.82, 2.24) is 4.90 Å². The monoisotopic (exact) mass is 302 g/mol. The van der Waals surface area contributed by atoms with E-state index >= 15 is 0 Å². The SMILES string of the molecule is CCc1cccc(Cl)c1CN1CCC(C(C)N)C1.Cl. The van der Waals surface area contributed by atoms with E-state index in [1.54, 1.807) is 0 Å². The highest BCUT2D eigenvalue weighted by Gasteiger charge is 2.25. The lowest BCUT2D eigenvalue weighted by molar-refractivity contribution is 0.308. The van der Waals surface area contributed by atoms with Gasteiger partial charge in [-0.25, -0.2) is 0 Å². The Labute approximate surface area is 127 Å². The minimum atomic E-state index is 0. The number of benzene rings is 1. The molecule has 2 unspecified atom stereocenters. The fourth-order valence-electron chi connectivity index (χ4n) is 2.77. The molecule has 1 aromatic carbocycles. The molecule has 2 nitrogen and oxygen atoms in total. The Morgan fingerprint density at radius 1 is 1.47 bits per heavy atom. The van der Waals surface area contributed by atoms with Crippen LogP contribution in [-0.4, -0.2) is 24.0 Å². The van der Waals surface area contributed by atoms with Crippen LogP contribution in [0.2, 0.25) is 5.02 Å². The van der Waals surface area contributed by atoms with Crippen LogP contribution in [0.15, 0.2) is 18.2 Å². The maximum absolute atomic E-state index is 6.33. The quantitative estimate of drug-likeness (QED) is 0.922. The van der Waals surface area contributed by atoms with Crippen LogP contribution in [0.5, 0.6) is 0 Å². The molecule has 19 heavy (non-hydrogen) atoms. The van der Waals surface area contributed by atoms with Gasteiger partial charge in [0.2, 0.25) is 0 Å². The molecular weight excluding hydrogens is 279 g/mol. The van der Waals surface area contributed by atoms with Crippen LogP contribution in [0, 0.1) is 5.92 Å². The van der Waals surface area contributed by atoms with Gasteiger partial charge in [0.25, 0.3) is 0 Å². The molecule has 1 aliphatic heterocycles. The summed E-state index contributed by atoms with van der Waals surface area (Å²) in [6.45, 7) is 7.50. The number of halogens is 2. The van der Waals surface area contributed by atoms with Crippen LogP contribution in [0.25, 0.3) is 0 Å². The van der Waals surface area contributed by atoms with E-state index in [1.807, 2.05) is 12.1 Å². The second-order valence-electron chi connectivity index (χ2n) is 5.37. The van der Waals surface area contributed by atoms with E-state index in [0.29, 0.717) is 12.0 Å². The lowest BCUT2D eigenvalue weighted by Crippen LogP contribution is -2.29. The molecule has 4 heteroatoms. The van der Waals surface area contributed by atoms with E-state index in [0.717, 1.165) is 31.1 Å². The maximum Gasteiger partial charge on any atom is 0.0453 e. The Kier molecular flexibility index (Phi) is 6.61. The van der Waals surface area contributed by atoms with Crippen LogP contribution in [0.3, 0.4) is 0 Å². The van der Waals surface area contributed by atoms with Gasteiger partial charge in [-0.2, -0.15) is 0 Å². The molecule has 2 atom stereocenters. The molecule has 0 radical (unpaired) electrons. The standard InChI is InChI=1S/C15H23ClN2.ClH/c1-3-12-5-4-6-15(16)14(12)10-18-8-7-13(9-18)11(2)17;/h4-6,11,13H,3,7-10,17H2,1-2H3;1H. The third-order valence-corrected chi connectivity index (χ3v) is 4.38. The van der Waals surface area contributed by atoms with Crippen molar-refractivity contribution in [2.24, 2.45) is 11.7 Å². The largest absolute Gasteiger partial charge is 0.328 e. The molecular formula is C15H24Cl2N2. The predicted octanol–water partition coefficient (Wildman–Crippen LogP) is 3.49. The zero-order valence-electron chi connectivity index (χ0n) is 11.7. The number of nitrogens with zero attached hydrogens (tertiary/aromatic N) is 1. The summed E-state index contributed by atoms with van der Waals surface area (Å²) >= 11 is 6.33. The van der Waals surface area contributed by atoms with Crippen LogP contribution >= 0.6 is 24.0 Å². The third-order valence-electron chi connectivity index (χ3n) is 4.03. The first kappa shape index (κ1) is 16.8. The smallest absolute Gasteiger partial charge is 0.0453 e. The zero-order valence-corrected chi connectivity index (χ0v) is 13.3. The fraction of sp³-hybridized carbons (Fsp3) is 0.600. The molecule has 2 rings (SSSR count). The molecule has 1 aromatic rings. The van der Waals surface area contributed by atoms with E-state index in [-0.39, 0.29) is 12.4 Å². The first-order chi connectivity index (χ1) is 8.61. The van der Waals surface area contributed by atoms with Crippen LogP contribution in [0.4, 0.5) is 0 Å². The zero-order chi connectivity index (χ0) is 13.1. The minimum Gasteiger partial charge on any atom is -0.328 e. The molecule has 1 fully saturated rings. The average molecular weight is 303 g/mol. The van der Waals surface area contributed by atoms with Crippen molar-refractivity contribution < 1.29 is 0 Å². The van der Waals surface area contributed by atoms with Gasteiger partial charge in [-0.1, -0.05) is 30.7 Å². The number of hydrogen-bond donors (Lipinski definition) is 1. The van der Waals surface area contributed by atoms with Crippen molar-refractivity contribution in [3.8, 4) is 0 Å². The molecule has 0 aliphatic carbocycles. The van der Waals surface area contributed by atoms with Gasteiger partial charge < -0.3 is 5.73 Å². The Hall–Kier alpha value is -0.280. The molecule has 0 aromatic heterocycles. The first-order valence-electron chi connectivity index (χ1n) is 6.86. The average Bonchev–Trinajstić information content (AvgIpc) is 2.80. The van der Waals surface area contributed by atoms with Crippen molar-refractivity contribution in [3.63, 3.8) is 0 Å². The van der Waals surface area contributed by atoms with Crippen molar-refractivity contribution in [3.05, 3.63) is 34.3 Å². The lowest BCUT2D eigenvalue weighted by Gasteiger charge is -2.20. The van der Waals surface area contributed by atoms with Crippen LogP contribution < -0.4 is 5.73 Å². The minimum absolute atomic E-state index is 0. The fourth-order valence-corrected chi connectivity index (χ4v) is 3.02. The van der Waals surface area contributed by atoms with Crippen molar-refractivity contribution >= 4 is 24.0 Å². The number of rotatable bonds is 4. The number of likely N-dealkylation sites (tertiary alicyclic amines) is 1. The van der Waals surface area contributed by atoms with Crippen molar-refractivity contribution in [2.45, 2.75) is 39.3 Å². The van der Waals surface area contributed by atoms with Gasteiger partial charge in [-0.15, -0.1) is 12.4 Å². The van der Waals surface area contributed by atoms with Crippen LogP contribution in [-0.2, 0) is 13.0 Å². The van der Waals surface area contributed by atoms with Gasteiger partial charge in [0.05, 0.1) is 0 Å². The van der Waals surface area contributed by atoms with E-state index in [9.17, 15) is 0 Å². The summed E-state index contributed by atoms with van der Waals surface area (Å²) in [6, 6.07) is 6.52. The second-order valence-corrected chi connectivity index (χ2v) is 5.78. The van der Waals surface area contributed by atoms with Gasteiger partial charge >= 0.3 is 0 Å². The Morgan fingerprint density at radius 3 is 2.79 bits per heavy atom. The van der Waals surface area contributed by atoms with Gasteiger partial charge in [0.15, 0.2) is 0 Å². The summed E-state index contributed by atoms with van der Waals surface area (Å²) in [5, 5.41) is 0.901. The highest BCUT2D eigenvalue weighted by atomic mass is 35.5. The summed E-state index contributed by atoms with van der Waals surface area (Å²) in [5.74, 6) is 0.637. The molecule has 108 valence electrons. The summed E-state index contributed by atoms with van der Waals surface area (Å²) in [5.41, 5.74) is 8.65. The molecule has 0 spiro atoms. The Bertz CT molecular complexity index is 407. The van der Waals surface area contributed by atoms with E-state index in [4.69, 9.17) is 17.3 Å². The number of nitrogens with two attached hydrogens (primary N) is 1. The van der Waals surface area contributed by atoms with E-state index in [1.165, 1.54) is 17.5 Å². The van der Waals surface area contributed by atoms with Gasteiger partial charge in [0.1, 0.15) is 0 Å². The van der Waals surface area contributed by atoms with Crippen LogP contribution in [0.1, 0.15) is 31.4 Å². The number of hydrogen-bond acceptors (Lipinski definition) is 2. The summed E-state index contributed by atoms with van der Waals surface area (Å²) in [4.78, 5) is 2.48. The number of aryl methyl sites for hydroxylation is 1. The highest BCUT2D eigenvalue weighted by molar-refractivity contribution is 6.31. The second kappa shape index (κ2) is 7.49. The molecule has 0 bridgehead atoms. The predicted molar refractivity (Wildman–Crippen MR) is 85.1 cm³/mol. The maximum atomic E-state index is 6.33.